The number of allylic oxidation sites excluding steroid dienone is 2. The van der Waals surface area contributed by atoms with Crippen molar-refractivity contribution in [2.24, 2.45) is 11.5 Å². The van der Waals surface area contributed by atoms with Crippen molar-refractivity contribution >= 4 is 11.9 Å². The average molecular weight is 152 g/mol. The Morgan fingerprint density at radius 3 is 2.27 bits per heavy atom. The molecule has 4 heteroatoms. The minimum absolute atomic E-state index is 0.0168. The van der Waals surface area contributed by atoms with E-state index in [-0.39, 0.29) is 5.71 Å². The van der Waals surface area contributed by atoms with Crippen LogP contribution in [0.2, 0.25) is 0 Å². The Morgan fingerprint density at radius 2 is 2.00 bits per heavy atom. The first-order valence-corrected chi connectivity index (χ1v) is 3.10. The van der Waals surface area contributed by atoms with E-state index in [4.69, 9.17) is 22.3 Å². The molecule has 6 N–H and O–H groups in total. The standard InChI is InChI=1S/C7H12N4/c1-2-6(10)5(3-8)7(11)4-9/h2-4,9,11H,8,10H2,1H3/b5-3-,6-2+,9-4?,11-7?. The summed E-state index contributed by atoms with van der Waals surface area (Å²) in [5.74, 6) is 0. The third-order valence-electron chi connectivity index (χ3n) is 1.22. The van der Waals surface area contributed by atoms with Crippen LogP contribution in [-0.4, -0.2) is 11.9 Å². The van der Waals surface area contributed by atoms with Crippen molar-refractivity contribution in [2.45, 2.75) is 6.92 Å². The Bertz CT molecular complexity index is 221. The van der Waals surface area contributed by atoms with E-state index in [0.717, 1.165) is 6.21 Å². The fraction of sp³-hybridized carbons (Fsp3) is 0.143. The second-order valence-corrected chi connectivity index (χ2v) is 1.88. The molecule has 0 radical (unpaired) electrons. The highest BCUT2D eigenvalue weighted by Crippen LogP contribution is 2.01. The number of nitrogens with two attached hydrogens (primary N) is 2. The minimum Gasteiger partial charge on any atom is -0.404 e. The van der Waals surface area contributed by atoms with Gasteiger partial charge in [-0.3, -0.25) is 5.41 Å². The first-order chi connectivity index (χ1) is 5.17. The second-order valence-electron chi connectivity index (χ2n) is 1.88. The van der Waals surface area contributed by atoms with Gasteiger partial charge in [-0.05, 0) is 6.92 Å². The molecule has 0 atom stereocenters. The van der Waals surface area contributed by atoms with E-state index in [9.17, 15) is 0 Å². The Balaban J connectivity index is 4.71. The van der Waals surface area contributed by atoms with Crippen LogP contribution in [-0.2, 0) is 0 Å². The molecule has 0 rings (SSSR count). The number of nitrogens with one attached hydrogen (secondary N) is 2. The van der Waals surface area contributed by atoms with E-state index in [1.807, 2.05) is 0 Å². The molecule has 0 aromatic carbocycles. The van der Waals surface area contributed by atoms with Crippen LogP contribution in [0.3, 0.4) is 0 Å². The summed E-state index contributed by atoms with van der Waals surface area (Å²) in [4.78, 5) is 0. The van der Waals surface area contributed by atoms with Crippen molar-refractivity contribution in [3.63, 3.8) is 0 Å². The Hall–Kier alpha value is -1.58. The van der Waals surface area contributed by atoms with Crippen molar-refractivity contribution in [1.82, 2.24) is 0 Å². The molecule has 0 saturated carbocycles. The summed E-state index contributed by atoms with van der Waals surface area (Å²) in [6.45, 7) is 1.75. The van der Waals surface area contributed by atoms with E-state index in [1.165, 1.54) is 6.20 Å². The van der Waals surface area contributed by atoms with Crippen molar-refractivity contribution in [3.8, 4) is 0 Å². The first kappa shape index (κ1) is 9.42. The van der Waals surface area contributed by atoms with Crippen LogP contribution in [0.25, 0.3) is 0 Å². The summed E-state index contributed by atoms with van der Waals surface area (Å²) in [5.41, 5.74) is 11.5. The van der Waals surface area contributed by atoms with Gasteiger partial charge in [0, 0.05) is 23.7 Å². The molecule has 60 valence electrons. The van der Waals surface area contributed by atoms with Crippen molar-refractivity contribution in [1.29, 1.82) is 10.8 Å². The molecule has 0 aromatic heterocycles. The van der Waals surface area contributed by atoms with Crippen molar-refractivity contribution in [3.05, 3.63) is 23.5 Å². The van der Waals surface area contributed by atoms with Gasteiger partial charge in [-0.15, -0.1) is 0 Å². The Labute approximate surface area is 65.6 Å². The largest absolute Gasteiger partial charge is 0.404 e. The number of rotatable bonds is 3. The average Bonchev–Trinajstić information content (AvgIpc) is 2.05. The summed E-state index contributed by atoms with van der Waals surface area (Å²) >= 11 is 0. The zero-order chi connectivity index (χ0) is 8.85. The lowest BCUT2D eigenvalue weighted by molar-refractivity contribution is 1.32. The van der Waals surface area contributed by atoms with Crippen LogP contribution in [0.1, 0.15) is 6.92 Å². The topological polar surface area (TPSA) is 99.7 Å². The third kappa shape index (κ3) is 2.25. The molecular weight excluding hydrogens is 140 g/mol. The van der Waals surface area contributed by atoms with Gasteiger partial charge in [-0.25, -0.2) is 0 Å². The van der Waals surface area contributed by atoms with Crippen LogP contribution in [0.4, 0.5) is 0 Å². The van der Waals surface area contributed by atoms with Gasteiger partial charge >= 0.3 is 0 Å². The van der Waals surface area contributed by atoms with Crippen LogP contribution < -0.4 is 11.5 Å². The maximum atomic E-state index is 7.22. The van der Waals surface area contributed by atoms with Crippen molar-refractivity contribution < 1.29 is 0 Å². The predicted octanol–water partition coefficient (Wildman–Crippen LogP) is 0.361. The summed E-state index contributed by atoms with van der Waals surface area (Å²) in [7, 11) is 0. The van der Waals surface area contributed by atoms with Crippen LogP contribution in [0.5, 0.6) is 0 Å². The fourth-order valence-corrected chi connectivity index (χ4v) is 0.575. The molecule has 0 bridgehead atoms. The van der Waals surface area contributed by atoms with Gasteiger partial charge in [0.15, 0.2) is 0 Å². The molecule has 0 aromatic rings. The molecule has 0 spiro atoms. The van der Waals surface area contributed by atoms with E-state index < -0.39 is 0 Å². The molecule has 11 heavy (non-hydrogen) atoms. The Kier molecular flexibility index (Phi) is 3.66. The van der Waals surface area contributed by atoms with Gasteiger partial charge < -0.3 is 16.9 Å². The fourth-order valence-electron chi connectivity index (χ4n) is 0.575. The van der Waals surface area contributed by atoms with Gasteiger partial charge in [0.1, 0.15) is 0 Å². The summed E-state index contributed by atoms with van der Waals surface area (Å²) in [6, 6.07) is 0. The second kappa shape index (κ2) is 4.27. The lowest BCUT2D eigenvalue weighted by Gasteiger charge is -2.02. The predicted molar refractivity (Wildman–Crippen MR) is 46.7 cm³/mol. The Morgan fingerprint density at radius 1 is 1.45 bits per heavy atom. The van der Waals surface area contributed by atoms with E-state index in [1.54, 1.807) is 13.0 Å². The number of hydrogen-bond donors (Lipinski definition) is 4. The molecule has 0 aliphatic carbocycles. The molecular formula is C7H12N4. The molecule has 0 saturated heterocycles. The van der Waals surface area contributed by atoms with Gasteiger partial charge in [0.2, 0.25) is 0 Å². The SMILES string of the molecule is C/C=C(N)\C(=C\N)C(=N)C=N. The molecule has 0 unspecified atom stereocenters. The van der Waals surface area contributed by atoms with E-state index >= 15 is 0 Å². The molecule has 0 aliphatic rings. The summed E-state index contributed by atoms with van der Waals surface area (Å²) < 4.78 is 0. The summed E-state index contributed by atoms with van der Waals surface area (Å²) in [6.07, 6.45) is 3.76. The zero-order valence-corrected chi connectivity index (χ0v) is 6.39. The first-order valence-electron chi connectivity index (χ1n) is 3.10. The van der Waals surface area contributed by atoms with Gasteiger partial charge in [-0.2, -0.15) is 0 Å². The lowest BCUT2D eigenvalue weighted by Crippen LogP contribution is -2.12. The third-order valence-corrected chi connectivity index (χ3v) is 1.22. The molecule has 0 fully saturated rings. The minimum atomic E-state index is 0.0168. The van der Waals surface area contributed by atoms with Crippen LogP contribution in [0, 0.1) is 10.8 Å². The molecule has 4 nitrogen and oxygen atoms in total. The van der Waals surface area contributed by atoms with E-state index in [0.29, 0.717) is 11.3 Å². The highest BCUT2D eigenvalue weighted by atomic mass is 14.6. The normalized spacial score (nSPS) is 12.8. The molecule has 0 aliphatic heterocycles. The highest BCUT2D eigenvalue weighted by Gasteiger charge is 2.02. The summed E-state index contributed by atoms with van der Waals surface area (Å²) in [5, 5.41) is 14.0. The maximum Gasteiger partial charge on any atom is 0.0822 e. The highest BCUT2D eigenvalue weighted by molar-refractivity contribution is 6.36. The van der Waals surface area contributed by atoms with Crippen LogP contribution in [0.15, 0.2) is 23.5 Å². The maximum absolute atomic E-state index is 7.22. The smallest absolute Gasteiger partial charge is 0.0822 e. The molecule has 0 heterocycles. The lowest BCUT2D eigenvalue weighted by atomic mass is 10.1. The quantitative estimate of drug-likeness (QED) is 0.347. The van der Waals surface area contributed by atoms with Gasteiger partial charge in [-0.1, -0.05) is 6.08 Å². The van der Waals surface area contributed by atoms with Gasteiger partial charge in [0.05, 0.1) is 5.71 Å². The van der Waals surface area contributed by atoms with Crippen molar-refractivity contribution in [2.75, 3.05) is 0 Å². The monoisotopic (exact) mass is 152 g/mol. The van der Waals surface area contributed by atoms with Crippen LogP contribution >= 0.6 is 0 Å². The number of hydrogen-bond acceptors (Lipinski definition) is 4. The van der Waals surface area contributed by atoms with Gasteiger partial charge in [0.25, 0.3) is 0 Å². The molecule has 0 amide bonds. The zero-order valence-electron chi connectivity index (χ0n) is 6.39. The van der Waals surface area contributed by atoms with E-state index in [2.05, 4.69) is 0 Å².